The van der Waals surface area contributed by atoms with Gasteiger partial charge in [-0.3, -0.25) is 9.79 Å². The lowest BCUT2D eigenvalue weighted by Crippen LogP contribution is -2.22. The normalized spacial score (nSPS) is 20.1. The summed E-state index contributed by atoms with van der Waals surface area (Å²) in [5.41, 5.74) is 1.64. The van der Waals surface area contributed by atoms with Crippen LogP contribution in [0.25, 0.3) is 0 Å². The molecular formula is C19H21BN2O4S. The number of carbonyl (C=O) groups is 1. The summed E-state index contributed by atoms with van der Waals surface area (Å²) in [4.78, 5) is 16.9. The number of esters is 1. The highest BCUT2D eigenvalue weighted by molar-refractivity contribution is 8.17. The average Bonchev–Trinajstić information content (AvgIpc) is 3.28. The van der Waals surface area contributed by atoms with Crippen molar-refractivity contribution >= 4 is 30.5 Å². The van der Waals surface area contributed by atoms with Gasteiger partial charge in [0.2, 0.25) is 0 Å². The molecule has 1 aliphatic heterocycles. The van der Waals surface area contributed by atoms with E-state index < -0.39 is 0 Å². The number of nitrogens with zero attached hydrogens (tertiary/aromatic N) is 2. The van der Waals surface area contributed by atoms with E-state index >= 15 is 0 Å². The molecule has 2 aromatic rings. The van der Waals surface area contributed by atoms with E-state index in [1.807, 2.05) is 31.2 Å². The highest BCUT2D eigenvalue weighted by Gasteiger charge is 2.25. The summed E-state index contributed by atoms with van der Waals surface area (Å²) in [7, 11) is 5.75. The molecule has 2 heterocycles. The lowest BCUT2D eigenvalue weighted by molar-refractivity contribution is -0.143. The number of aliphatic imine (C=N–C) groups is 1. The Hall–Kier alpha value is -2.22. The molecule has 140 valence electrons. The summed E-state index contributed by atoms with van der Waals surface area (Å²) in [6.45, 7) is 4.70. The van der Waals surface area contributed by atoms with Gasteiger partial charge in [0.1, 0.15) is 18.6 Å². The second-order valence-electron chi connectivity index (χ2n) is 6.23. The van der Waals surface area contributed by atoms with E-state index in [2.05, 4.69) is 10.1 Å². The zero-order valence-corrected chi connectivity index (χ0v) is 16.1. The van der Waals surface area contributed by atoms with Gasteiger partial charge in [-0.05, 0) is 31.5 Å². The third kappa shape index (κ3) is 5.16. The van der Waals surface area contributed by atoms with Crippen LogP contribution in [0.3, 0.4) is 0 Å². The molecule has 6 nitrogen and oxygen atoms in total. The fraction of sp³-hybridized carbons (Fsp3) is 0.421. The van der Waals surface area contributed by atoms with Gasteiger partial charge in [0.15, 0.2) is 7.85 Å². The first-order valence-electron chi connectivity index (χ1n) is 8.85. The largest absolute Gasteiger partial charge is 0.492 e. The van der Waals surface area contributed by atoms with Crippen LogP contribution in [0.1, 0.15) is 37.4 Å². The van der Waals surface area contributed by atoms with Crippen molar-refractivity contribution in [1.82, 2.24) is 5.16 Å². The van der Waals surface area contributed by atoms with Gasteiger partial charge in [-0.15, -0.1) is 11.8 Å². The van der Waals surface area contributed by atoms with E-state index in [0.29, 0.717) is 23.9 Å². The van der Waals surface area contributed by atoms with Crippen molar-refractivity contribution in [1.29, 1.82) is 0 Å². The molecule has 0 bridgehead atoms. The molecule has 8 heteroatoms. The third-order valence-corrected chi connectivity index (χ3v) is 5.51. The maximum atomic E-state index is 12.0. The van der Waals surface area contributed by atoms with E-state index in [-0.39, 0.29) is 29.6 Å². The standard InChI is InChI=1S/C19H21BN2O4S/c1-3-24-18(23)10-15(16-8-9-26-22-16)13-4-6-14(7-5-13)25-11-17-12(2)21-19(20)27-17/h4-9,12,15,17H,3,10-11H2,1-2H3/t12?,15-,17?/m0/s1. The zero-order chi connectivity index (χ0) is 19.2. The smallest absolute Gasteiger partial charge is 0.306 e. The van der Waals surface area contributed by atoms with Gasteiger partial charge in [0.05, 0.1) is 30.0 Å². The molecule has 3 atom stereocenters. The molecule has 0 N–H and O–H groups in total. The molecular weight excluding hydrogens is 363 g/mol. The number of hydrogen-bond acceptors (Lipinski definition) is 7. The minimum absolute atomic E-state index is 0.149. The molecule has 2 radical (unpaired) electrons. The second-order valence-corrected chi connectivity index (χ2v) is 7.49. The first-order valence-corrected chi connectivity index (χ1v) is 9.73. The van der Waals surface area contributed by atoms with E-state index in [1.165, 1.54) is 6.26 Å². The molecule has 1 aliphatic rings. The minimum Gasteiger partial charge on any atom is -0.492 e. The predicted octanol–water partition coefficient (Wildman–Crippen LogP) is 3.17. The first kappa shape index (κ1) is 19.5. The molecule has 0 fully saturated rings. The van der Waals surface area contributed by atoms with Crippen LogP contribution in [-0.4, -0.2) is 48.4 Å². The van der Waals surface area contributed by atoms with Crippen molar-refractivity contribution in [2.45, 2.75) is 37.5 Å². The summed E-state index contributed by atoms with van der Waals surface area (Å²) in [5.74, 6) is 0.262. The zero-order valence-electron chi connectivity index (χ0n) is 15.3. The number of ether oxygens (including phenoxy) is 2. The molecule has 3 rings (SSSR count). The Labute approximate surface area is 164 Å². The molecule has 1 aromatic heterocycles. The fourth-order valence-electron chi connectivity index (χ4n) is 2.90. The van der Waals surface area contributed by atoms with Crippen molar-refractivity contribution < 1.29 is 18.8 Å². The van der Waals surface area contributed by atoms with E-state index in [4.69, 9.17) is 21.8 Å². The second kappa shape index (κ2) is 9.13. The number of benzene rings is 1. The van der Waals surface area contributed by atoms with Crippen LogP contribution in [0.5, 0.6) is 5.75 Å². The van der Waals surface area contributed by atoms with E-state index in [1.54, 1.807) is 24.8 Å². The van der Waals surface area contributed by atoms with Gasteiger partial charge in [-0.25, -0.2) is 0 Å². The molecule has 27 heavy (non-hydrogen) atoms. The van der Waals surface area contributed by atoms with Gasteiger partial charge >= 0.3 is 5.97 Å². The van der Waals surface area contributed by atoms with Gasteiger partial charge in [-0.2, -0.15) is 0 Å². The van der Waals surface area contributed by atoms with Gasteiger partial charge in [-0.1, -0.05) is 17.3 Å². The van der Waals surface area contributed by atoms with Gasteiger partial charge in [0, 0.05) is 16.9 Å². The maximum Gasteiger partial charge on any atom is 0.306 e. The average molecular weight is 384 g/mol. The number of carbonyl (C=O) groups excluding carboxylic acids is 1. The quantitative estimate of drug-likeness (QED) is 0.514. The Balaban J connectivity index is 1.65. The van der Waals surface area contributed by atoms with Crippen LogP contribution in [-0.2, 0) is 9.53 Å². The van der Waals surface area contributed by atoms with Crippen molar-refractivity contribution in [3.8, 4) is 5.75 Å². The van der Waals surface area contributed by atoms with Gasteiger partial charge in [0.25, 0.3) is 0 Å². The topological polar surface area (TPSA) is 73.9 Å². The summed E-state index contributed by atoms with van der Waals surface area (Å²) in [6.07, 6.45) is 1.70. The number of aromatic nitrogens is 1. The highest BCUT2D eigenvalue weighted by Crippen LogP contribution is 2.30. The summed E-state index contributed by atoms with van der Waals surface area (Å²) < 4.78 is 15.9. The van der Waals surface area contributed by atoms with Crippen molar-refractivity contribution in [3.05, 3.63) is 47.9 Å². The van der Waals surface area contributed by atoms with Crippen molar-refractivity contribution in [2.75, 3.05) is 13.2 Å². The molecule has 0 saturated heterocycles. The van der Waals surface area contributed by atoms with Crippen LogP contribution in [0.2, 0.25) is 0 Å². The highest BCUT2D eigenvalue weighted by atomic mass is 32.2. The first-order chi connectivity index (χ1) is 13.1. The predicted molar refractivity (Wildman–Crippen MR) is 106 cm³/mol. The minimum atomic E-state index is -0.268. The molecule has 0 amide bonds. The lowest BCUT2D eigenvalue weighted by atomic mass is 9.92. The lowest BCUT2D eigenvalue weighted by Gasteiger charge is -2.16. The van der Waals surface area contributed by atoms with E-state index in [0.717, 1.165) is 11.3 Å². The Kier molecular flexibility index (Phi) is 6.61. The van der Waals surface area contributed by atoms with Crippen molar-refractivity contribution in [2.24, 2.45) is 4.99 Å². The van der Waals surface area contributed by atoms with Crippen LogP contribution in [0.4, 0.5) is 0 Å². The molecule has 1 aromatic carbocycles. The summed E-state index contributed by atoms with van der Waals surface area (Å²) in [5, 5.41) is 4.21. The van der Waals surface area contributed by atoms with E-state index in [9.17, 15) is 4.79 Å². The Morgan fingerprint density at radius 3 is 2.70 bits per heavy atom. The SMILES string of the molecule is [B]C1=NC(C)C(COc2ccc([C@H](CC(=O)OCC)c3ccon3)cc2)S1. The number of rotatable bonds is 8. The monoisotopic (exact) mass is 384 g/mol. The van der Waals surface area contributed by atoms with Gasteiger partial charge < -0.3 is 14.0 Å². The molecule has 2 unspecified atom stereocenters. The van der Waals surface area contributed by atoms with Crippen LogP contribution in [0.15, 0.2) is 46.1 Å². The Morgan fingerprint density at radius 2 is 2.11 bits per heavy atom. The fourth-order valence-corrected chi connectivity index (χ4v) is 3.83. The molecule has 0 spiro atoms. The summed E-state index contributed by atoms with van der Waals surface area (Å²) >= 11 is 1.54. The maximum absolute atomic E-state index is 12.0. The molecule has 0 saturated carbocycles. The Bertz CT molecular complexity index is 780. The number of thioether (sulfide) groups is 1. The third-order valence-electron chi connectivity index (χ3n) is 4.33. The Morgan fingerprint density at radius 1 is 1.33 bits per heavy atom. The summed E-state index contributed by atoms with van der Waals surface area (Å²) in [6, 6.07) is 9.56. The van der Waals surface area contributed by atoms with Crippen LogP contribution in [0, 0.1) is 0 Å². The molecule has 0 aliphatic carbocycles. The van der Waals surface area contributed by atoms with Crippen LogP contribution < -0.4 is 4.74 Å². The van der Waals surface area contributed by atoms with Crippen molar-refractivity contribution in [3.63, 3.8) is 0 Å². The van der Waals surface area contributed by atoms with Crippen LogP contribution >= 0.6 is 11.8 Å². The number of hydrogen-bond donors (Lipinski definition) is 0.